The molecule has 18 heavy (non-hydrogen) atoms. The molecule has 0 fully saturated rings. The van der Waals surface area contributed by atoms with Crippen molar-refractivity contribution in [1.29, 1.82) is 0 Å². The lowest BCUT2D eigenvalue weighted by Crippen LogP contribution is -2.37. The standard InChI is InChI=1S/C15H24O2S/c1-4-15(3,14(17)10-12(2)16)18-11-13-8-6-5-7-9-13/h5-9,12,14,16-17H,4,10-11H2,1-3H3/t12-,14-,15+/m0/s1. The molecule has 0 saturated carbocycles. The molecule has 0 heterocycles. The number of aliphatic hydroxyl groups is 2. The third kappa shape index (κ3) is 4.63. The molecule has 2 nitrogen and oxygen atoms in total. The van der Waals surface area contributed by atoms with Gasteiger partial charge in [0.25, 0.3) is 0 Å². The largest absolute Gasteiger partial charge is 0.393 e. The maximum atomic E-state index is 10.2. The minimum Gasteiger partial charge on any atom is -0.393 e. The summed E-state index contributed by atoms with van der Waals surface area (Å²) in [5.74, 6) is 0.891. The van der Waals surface area contributed by atoms with Gasteiger partial charge < -0.3 is 10.2 Å². The van der Waals surface area contributed by atoms with Crippen LogP contribution in [-0.2, 0) is 5.75 Å². The summed E-state index contributed by atoms with van der Waals surface area (Å²) in [7, 11) is 0. The van der Waals surface area contributed by atoms with Gasteiger partial charge in [0.05, 0.1) is 12.2 Å². The van der Waals surface area contributed by atoms with Gasteiger partial charge in [0, 0.05) is 16.9 Å². The first-order chi connectivity index (χ1) is 8.48. The van der Waals surface area contributed by atoms with Crippen LogP contribution in [0.25, 0.3) is 0 Å². The number of rotatable bonds is 7. The van der Waals surface area contributed by atoms with E-state index < -0.39 is 12.2 Å². The van der Waals surface area contributed by atoms with Gasteiger partial charge in [0.1, 0.15) is 0 Å². The van der Waals surface area contributed by atoms with Crippen molar-refractivity contribution in [3.05, 3.63) is 35.9 Å². The highest BCUT2D eigenvalue weighted by atomic mass is 32.2. The Balaban J connectivity index is 2.59. The summed E-state index contributed by atoms with van der Waals surface area (Å²) < 4.78 is -0.202. The molecule has 3 atom stereocenters. The number of hydrogen-bond acceptors (Lipinski definition) is 3. The summed E-state index contributed by atoms with van der Waals surface area (Å²) in [6.07, 6.45) is 0.393. The molecule has 1 aromatic carbocycles. The normalized spacial score (nSPS) is 18.1. The summed E-state index contributed by atoms with van der Waals surface area (Å²) in [6.45, 7) is 5.89. The first-order valence-electron chi connectivity index (χ1n) is 6.52. The fraction of sp³-hybridized carbons (Fsp3) is 0.600. The molecule has 0 aliphatic heterocycles. The van der Waals surface area contributed by atoms with Gasteiger partial charge in [-0.2, -0.15) is 0 Å². The Hall–Kier alpha value is -0.510. The molecular formula is C15H24O2S. The molecule has 0 saturated heterocycles. The van der Waals surface area contributed by atoms with Crippen molar-refractivity contribution in [2.24, 2.45) is 0 Å². The SMILES string of the molecule is CC[C@@](C)(SCc1ccccc1)[C@@H](O)C[C@H](C)O. The summed E-state index contributed by atoms with van der Waals surface area (Å²) in [4.78, 5) is 0. The van der Waals surface area contributed by atoms with Gasteiger partial charge in [0.2, 0.25) is 0 Å². The molecule has 102 valence electrons. The monoisotopic (exact) mass is 268 g/mol. The van der Waals surface area contributed by atoms with Crippen LogP contribution in [0.5, 0.6) is 0 Å². The van der Waals surface area contributed by atoms with E-state index in [0.717, 1.165) is 12.2 Å². The second-order valence-electron chi connectivity index (χ2n) is 5.04. The van der Waals surface area contributed by atoms with Crippen molar-refractivity contribution in [1.82, 2.24) is 0 Å². The number of benzene rings is 1. The van der Waals surface area contributed by atoms with Crippen molar-refractivity contribution in [2.45, 2.75) is 56.3 Å². The summed E-state index contributed by atoms with van der Waals surface area (Å²) in [5.41, 5.74) is 1.27. The van der Waals surface area contributed by atoms with E-state index in [4.69, 9.17) is 0 Å². The van der Waals surface area contributed by atoms with Crippen LogP contribution >= 0.6 is 11.8 Å². The Bertz CT molecular complexity index is 340. The third-order valence-electron chi connectivity index (χ3n) is 3.38. The second-order valence-corrected chi connectivity index (χ2v) is 6.55. The number of aliphatic hydroxyl groups excluding tert-OH is 2. The van der Waals surface area contributed by atoms with Crippen molar-refractivity contribution in [3.63, 3.8) is 0 Å². The summed E-state index contributed by atoms with van der Waals surface area (Å²) in [5, 5.41) is 19.6. The Kier molecular flexibility index (Phi) is 6.19. The Morgan fingerprint density at radius 3 is 2.33 bits per heavy atom. The summed E-state index contributed by atoms with van der Waals surface area (Å²) >= 11 is 1.77. The van der Waals surface area contributed by atoms with E-state index in [0.29, 0.717) is 6.42 Å². The predicted molar refractivity (Wildman–Crippen MR) is 78.7 cm³/mol. The van der Waals surface area contributed by atoms with E-state index in [1.165, 1.54) is 5.56 Å². The van der Waals surface area contributed by atoms with Crippen molar-refractivity contribution < 1.29 is 10.2 Å². The third-order valence-corrected chi connectivity index (χ3v) is 5.08. The van der Waals surface area contributed by atoms with E-state index in [1.54, 1.807) is 18.7 Å². The maximum Gasteiger partial charge on any atom is 0.0708 e. The van der Waals surface area contributed by atoms with E-state index in [1.807, 2.05) is 18.2 Å². The van der Waals surface area contributed by atoms with E-state index in [2.05, 4.69) is 26.0 Å². The van der Waals surface area contributed by atoms with Crippen LogP contribution in [0.15, 0.2) is 30.3 Å². The van der Waals surface area contributed by atoms with Gasteiger partial charge in [-0.1, -0.05) is 37.3 Å². The van der Waals surface area contributed by atoms with Gasteiger partial charge in [-0.25, -0.2) is 0 Å². The van der Waals surface area contributed by atoms with Crippen LogP contribution in [0.4, 0.5) is 0 Å². The van der Waals surface area contributed by atoms with Gasteiger partial charge in [-0.15, -0.1) is 11.8 Å². The molecule has 2 N–H and O–H groups in total. The molecular weight excluding hydrogens is 244 g/mol. The maximum absolute atomic E-state index is 10.2. The van der Waals surface area contributed by atoms with Gasteiger partial charge in [-0.3, -0.25) is 0 Å². The zero-order valence-corrected chi connectivity index (χ0v) is 12.3. The second kappa shape index (κ2) is 7.17. The fourth-order valence-corrected chi connectivity index (χ4v) is 3.01. The molecule has 0 spiro atoms. The predicted octanol–water partition coefficient (Wildman–Crippen LogP) is 3.22. The quantitative estimate of drug-likeness (QED) is 0.797. The first kappa shape index (κ1) is 15.5. The van der Waals surface area contributed by atoms with Gasteiger partial charge >= 0.3 is 0 Å². The molecule has 0 amide bonds. The minimum absolute atomic E-state index is 0.202. The average Bonchev–Trinajstić information content (AvgIpc) is 2.36. The smallest absolute Gasteiger partial charge is 0.0708 e. The van der Waals surface area contributed by atoms with E-state index in [-0.39, 0.29) is 4.75 Å². The van der Waals surface area contributed by atoms with E-state index >= 15 is 0 Å². The Morgan fingerprint density at radius 1 is 1.22 bits per heavy atom. The fourth-order valence-electron chi connectivity index (χ4n) is 1.83. The van der Waals surface area contributed by atoms with Crippen LogP contribution in [0.1, 0.15) is 39.2 Å². The number of thioether (sulfide) groups is 1. The Labute approximate surface area is 114 Å². The Morgan fingerprint density at radius 2 is 1.83 bits per heavy atom. The van der Waals surface area contributed by atoms with Crippen LogP contribution in [0, 0.1) is 0 Å². The van der Waals surface area contributed by atoms with Crippen LogP contribution in [0.3, 0.4) is 0 Å². The molecule has 1 aromatic rings. The zero-order chi connectivity index (χ0) is 13.6. The molecule has 0 aromatic heterocycles. The van der Waals surface area contributed by atoms with Crippen LogP contribution < -0.4 is 0 Å². The molecule has 1 rings (SSSR count). The number of hydrogen-bond donors (Lipinski definition) is 2. The lowest BCUT2D eigenvalue weighted by molar-refractivity contribution is 0.0666. The van der Waals surface area contributed by atoms with Crippen molar-refractivity contribution >= 4 is 11.8 Å². The van der Waals surface area contributed by atoms with Gasteiger partial charge in [-0.05, 0) is 25.8 Å². The van der Waals surface area contributed by atoms with Gasteiger partial charge in [0.15, 0.2) is 0 Å². The molecule has 0 aliphatic carbocycles. The molecule has 3 heteroatoms. The highest BCUT2D eigenvalue weighted by molar-refractivity contribution is 7.99. The first-order valence-corrected chi connectivity index (χ1v) is 7.50. The molecule has 0 aliphatic rings. The molecule has 0 radical (unpaired) electrons. The topological polar surface area (TPSA) is 40.5 Å². The molecule has 0 unspecified atom stereocenters. The highest BCUT2D eigenvalue weighted by Gasteiger charge is 2.32. The van der Waals surface area contributed by atoms with E-state index in [9.17, 15) is 10.2 Å². The van der Waals surface area contributed by atoms with Crippen LogP contribution in [0.2, 0.25) is 0 Å². The summed E-state index contributed by atoms with van der Waals surface area (Å²) in [6, 6.07) is 10.3. The van der Waals surface area contributed by atoms with Crippen LogP contribution in [-0.4, -0.2) is 27.2 Å². The molecule has 0 bridgehead atoms. The minimum atomic E-state index is -0.476. The van der Waals surface area contributed by atoms with Crippen molar-refractivity contribution in [2.75, 3.05) is 0 Å². The van der Waals surface area contributed by atoms with Crippen molar-refractivity contribution in [3.8, 4) is 0 Å². The highest BCUT2D eigenvalue weighted by Crippen LogP contribution is 2.36. The lowest BCUT2D eigenvalue weighted by atomic mass is 9.96. The average molecular weight is 268 g/mol. The zero-order valence-electron chi connectivity index (χ0n) is 11.5. The lowest BCUT2D eigenvalue weighted by Gasteiger charge is -2.34.